The molecule has 8 nitrogen and oxygen atoms in total. The number of nitrogens with one attached hydrogen (secondary N) is 3. The molecule has 1 atom stereocenters. The highest BCUT2D eigenvalue weighted by atomic mass is 35.5. The lowest BCUT2D eigenvalue weighted by molar-refractivity contribution is 0.106. The number of aliphatic hydroxyl groups is 1. The molecule has 0 bridgehead atoms. The Balaban J connectivity index is 1.52. The zero-order valence-electron chi connectivity index (χ0n) is 17.6. The Hall–Kier alpha value is -2.52. The second kappa shape index (κ2) is 14.5. The Morgan fingerprint density at radius 1 is 1.06 bits per heavy atom. The van der Waals surface area contributed by atoms with Gasteiger partial charge in [0.15, 0.2) is 0 Å². The zero-order valence-corrected chi connectivity index (χ0v) is 18.4. The first-order valence-corrected chi connectivity index (χ1v) is 10.6. The Morgan fingerprint density at radius 3 is 2.52 bits per heavy atom. The molecular formula is C22H30ClN3O5. The van der Waals surface area contributed by atoms with Crippen LogP contribution in [0.4, 0.5) is 10.5 Å². The molecule has 0 saturated heterocycles. The third kappa shape index (κ3) is 10.9. The standard InChI is InChI=1S/C22H30ClN3O5/c1-2-29-12-13-30-20-6-8-21(9-7-20)31-16-19(27)15-24-10-11-25-22(28)26-18-5-3-4-17(23)14-18/h3-9,14,19,24,27H,2,10-13,15-16H2,1H3,(H2,25,26,28). The summed E-state index contributed by atoms with van der Waals surface area (Å²) in [6, 6.07) is 13.8. The van der Waals surface area contributed by atoms with E-state index in [9.17, 15) is 9.90 Å². The summed E-state index contributed by atoms with van der Waals surface area (Å²) >= 11 is 5.88. The Kier molecular flexibility index (Phi) is 11.6. The van der Waals surface area contributed by atoms with Crippen LogP contribution in [-0.2, 0) is 4.74 Å². The van der Waals surface area contributed by atoms with Gasteiger partial charge in [-0.05, 0) is 49.4 Å². The molecule has 0 fully saturated rings. The van der Waals surface area contributed by atoms with E-state index in [4.69, 9.17) is 25.8 Å². The van der Waals surface area contributed by atoms with E-state index in [1.807, 2.05) is 19.1 Å². The predicted octanol–water partition coefficient (Wildman–Crippen LogP) is 2.91. The number of halogens is 1. The second-order valence-corrected chi connectivity index (χ2v) is 7.01. The number of anilines is 1. The number of urea groups is 1. The number of hydrogen-bond donors (Lipinski definition) is 4. The molecule has 0 saturated carbocycles. The van der Waals surface area contributed by atoms with Gasteiger partial charge >= 0.3 is 6.03 Å². The third-order valence-corrected chi connectivity index (χ3v) is 4.25. The number of aliphatic hydroxyl groups excluding tert-OH is 1. The van der Waals surface area contributed by atoms with Crippen molar-refractivity contribution in [2.45, 2.75) is 13.0 Å². The average molecular weight is 452 g/mol. The monoisotopic (exact) mass is 451 g/mol. The van der Waals surface area contributed by atoms with Crippen molar-refractivity contribution in [2.24, 2.45) is 0 Å². The van der Waals surface area contributed by atoms with E-state index in [0.717, 1.165) is 5.75 Å². The summed E-state index contributed by atoms with van der Waals surface area (Å²) in [6.07, 6.45) is -0.678. The molecule has 4 N–H and O–H groups in total. The molecule has 0 heterocycles. The molecule has 170 valence electrons. The van der Waals surface area contributed by atoms with Crippen LogP contribution in [0.15, 0.2) is 48.5 Å². The first kappa shape index (κ1) is 24.7. The van der Waals surface area contributed by atoms with Gasteiger partial charge in [0.1, 0.15) is 30.8 Å². The van der Waals surface area contributed by atoms with Gasteiger partial charge in [-0.2, -0.15) is 0 Å². The molecule has 0 radical (unpaired) electrons. The highest BCUT2D eigenvalue weighted by Gasteiger charge is 2.06. The van der Waals surface area contributed by atoms with Gasteiger partial charge in [0.25, 0.3) is 0 Å². The van der Waals surface area contributed by atoms with E-state index >= 15 is 0 Å². The Bertz CT molecular complexity index is 776. The number of rotatable bonds is 14. The molecule has 0 aliphatic carbocycles. The molecule has 0 spiro atoms. The second-order valence-electron chi connectivity index (χ2n) is 6.58. The van der Waals surface area contributed by atoms with Crippen LogP contribution in [-0.4, -0.2) is 63.3 Å². The van der Waals surface area contributed by atoms with Gasteiger partial charge < -0.3 is 35.3 Å². The van der Waals surface area contributed by atoms with Crippen LogP contribution in [0.5, 0.6) is 11.5 Å². The largest absolute Gasteiger partial charge is 0.491 e. The fraction of sp³-hybridized carbons (Fsp3) is 0.409. The SMILES string of the molecule is CCOCCOc1ccc(OCC(O)CNCCNC(=O)Nc2cccc(Cl)c2)cc1. The lowest BCUT2D eigenvalue weighted by Crippen LogP contribution is -2.38. The van der Waals surface area contributed by atoms with E-state index in [1.54, 1.807) is 36.4 Å². The first-order valence-electron chi connectivity index (χ1n) is 10.2. The summed E-state index contributed by atoms with van der Waals surface area (Å²) in [5.74, 6) is 1.39. The maximum Gasteiger partial charge on any atom is 0.319 e. The van der Waals surface area contributed by atoms with Gasteiger partial charge in [-0.1, -0.05) is 17.7 Å². The van der Waals surface area contributed by atoms with Gasteiger partial charge in [-0.3, -0.25) is 0 Å². The molecule has 2 aromatic rings. The van der Waals surface area contributed by atoms with E-state index in [1.165, 1.54) is 0 Å². The molecule has 1 unspecified atom stereocenters. The molecule has 31 heavy (non-hydrogen) atoms. The molecule has 9 heteroatoms. The molecule has 2 rings (SSSR count). The number of benzene rings is 2. The lowest BCUT2D eigenvalue weighted by atomic mass is 10.3. The summed E-state index contributed by atoms with van der Waals surface area (Å²) < 4.78 is 16.3. The minimum Gasteiger partial charge on any atom is -0.491 e. The zero-order chi connectivity index (χ0) is 22.3. The normalized spacial score (nSPS) is 11.6. The highest BCUT2D eigenvalue weighted by molar-refractivity contribution is 6.30. The smallest absolute Gasteiger partial charge is 0.319 e. The summed E-state index contributed by atoms with van der Waals surface area (Å²) in [4.78, 5) is 11.8. The molecule has 2 aromatic carbocycles. The quantitative estimate of drug-likeness (QED) is 0.329. The molecule has 0 aliphatic rings. The number of carbonyl (C=O) groups is 1. The van der Waals surface area contributed by atoms with Crippen molar-refractivity contribution in [1.29, 1.82) is 0 Å². The van der Waals surface area contributed by atoms with Crippen LogP contribution in [0.2, 0.25) is 5.02 Å². The van der Waals surface area contributed by atoms with Crippen LogP contribution in [0.3, 0.4) is 0 Å². The van der Waals surface area contributed by atoms with Gasteiger partial charge in [0, 0.05) is 37.0 Å². The van der Waals surface area contributed by atoms with Gasteiger partial charge in [-0.25, -0.2) is 4.79 Å². The molecular weight excluding hydrogens is 422 g/mol. The fourth-order valence-electron chi connectivity index (χ4n) is 2.52. The lowest BCUT2D eigenvalue weighted by Gasteiger charge is -2.14. The maximum atomic E-state index is 11.8. The molecule has 0 aliphatic heterocycles. The summed E-state index contributed by atoms with van der Waals surface area (Å²) in [6.45, 7) is 5.07. The van der Waals surface area contributed by atoms with Crippen LogP contribution in [0.1, 0.15) is 6.92 Å². The Labute approximate surface area is 187 Å². The van der Waals surface area contributed by atoms with E-state index in [0.29, 0.717) is 55.9 Å². The molecule has 2 amide bonds. The van der Waals surface area contributed by atoms with Crippen molar-refractivity contribution in [3.63, 3.8) is 0 Å². The summed E-state index contributed by atoms with van der Waals surface area (Å²) in [5, 5.41) is 19.1. The molecule has 0 aromatic heterocycles. The highest BCUT2D eigenvalue weighted by Crippen LogP contribution is 2.17. The third-order valence-electron chi connectivity index (χ3n) is 4.02. The summed E-state index contributed by atoms with van der Waals surface area (Å²) in [5.41, 5.74) is 0.621. The minimum absolute atomic E-state index is 0.153. The van der Waals surface area contributed by atoms with Crippen molar-refractivity contribution in [3.8, 4) is 11.5 Å². The van der Waals surface area contributed by atoms with E-state index < -0.39 is 6.10 Å². The van der Waals surface area contributed by atoms with Gasteiger partial charge in [0.05, 0.1) is 6.61 Å². The van der Waals surface area contributed by atoms with Crippen molar-refractivity contribution < 1.29 is 24.1 Å². The number of amides is 2. The van der Waals surface area contributed by atoms with Crippen molar-refractivity contribution in [3.05, 3.63) is 53.6 Å². The van der Waals surface area contributed by atoms with Gasteiger partial charge in [0.2, 0.25) is 0 Å². The Morgan fingerprint density at radius 2 is 1.81 bits per heavy atom. The predicted molar refractivity (Wildman–Crippen MR) is 121 cm³/mol. The number of carbonyl (C=O) groups excluding carboxylic acids is 1. The fourth-order valence-corrected chi connectivity index (χ4v) is 2.71. The minimum atomic E-state index is -0.678. The maximum absolute atomic E-state index is 11.8. The van der Waals surface area contributed by atoms with E-state index in [2.05, 4.69) is 16.0 Å². The van der Waals surface area contributed by atoms with Crippen LogP contribution >= 0.6 is 11.6 Å². The average Bonchev–Trinajstić information content (AvgIpc) is 2.76. The number of ether oxygens (including phenoxy) is 3. The van der Waals surface area contributed by atoms with Crippen molar-refractivity contribution in [1.82, 2.24) is 10.6 Å². The summed E-state index contributed by atoms with van der Waals surface area (Å²) in [7, 11) is 0. The number of hydrogen-bond acceptors (Lipinski definition) is 6. The van der Waals surface area contributed by atoms with Gasteiger partial charge in [-0.15, -0.1) is 0 Å². The van der Waals surface area contributed by atoms with E-state index in [-0.39, 0.29) is 12.6 Å². The van der Waals surface area contributed by atoms with Crippen LogP contribution < -0.4 is 25.4 Å². The van der Waals surface area contributed by atoms with Crippen molar-refractivity contribution in [2.75, 3.05) is 51.4 Å². The first-order chi connectivity index (χ1) is 15.1. The topological polar surface area (TPSA) is 101 Å². The van der Waals surface area contributed by atoms with Crippen molar-refractivity contribution >= 4 is 23.3 Å². The van der Waals surface area contributed by atoms with Crippen LogP contribution in [0, 0.1) is 0 Å². The van der Waals surface area contributed by atoms with Crippen LogP contribution in [0.25, 0.3) is 0 Å².